The fraction of sp³-hybridized carbons (Fsp3) is 0.647. The van der Waals surface area contributed by atoms with Crippen molar-refractivity contribution in [2.45, 2.75) is 37.9 Å². The minimum Gasteiger partial charge on any atom is -0.492 e. The average Bonchev–Trinajstić information content (AvgIpc) is 2.73. The van der Waals surface area contributed by atoms with E-state index in [1.165, 1.54) is 5.56 Å². The normalized spacial score (nSPS) is 31.3. The molecule has 2 unspecified atom stereocenters. The fourth-order valence-corrected chi connectivity index (χ4v) is 3.74. The third-order valence-corrected chi connectivity index (χ3v) is 5.36. The Labute approximate surface area is 127 Å². The van der Waals surface area contributed by atoms with Crippen LogP contribution in [0.5, 0.6) is 5.75 Å². The molecule has 2 aliphatic heterocycles. The first kappa shape index (κ1) is 14.8. The number of ether oxygens (including phenoxy) is 1. The maximum atomic E-state index is 6.25. The Morgan fingerprint density at radius 3 is 2.90 bits per heavy atom. The third-order valence-electron chi connectivity index (χ3n) is 5.36. The number of nitrogens with zero attached hydrogens (tertiary/aromatic N) is 2. The Morgan fingerprint density at radius 2 is 2.14 bits per heavy atom. The van der Waals surface area contributed by atoms with Crippen LogP contribution in [0, 0.1) is 0 Å². The zero-order chi connectivity index (χ0) is 14.9. The summed E-state index contributed by atoms with van der Waals surface area (Å²) in [5.41, 5.74) is 7.65. The summed E-state index contributed by atoms with van der Waals surface area (Å²) in [6.45, 7) is 6.83. The number of hydrogen-bond donors (Lipinski definition) is 1. The number of benzene rings is 1. The standard InChI is InChI=1S/C17H27N3O/c1-14-11-17(13-18,7-8-19(14)2)20-9-10-21-16-6-4-3-5-15(16)12-20/h3-6,14H,7-13,18H2,1-2H3. The molecule has 21 heavy (non-hydrogen) atoms. The zero-order valence-electron chi connectivity index (χ0n) is 13.2. The van der Waals surface area contributed by atoms with Gasteiger partial charge in [0.15, 0.2) is 0 Å². The highest BCUT2D eigenvalue weighted by atomic mass is 16.5. The van der Waals surface area contributed by atoms with E-state index in [0.717, 1.165) is 51.4 Å². The van der Waals surface area contributed by atoms with Gasteiger partial charge in [0.25, 0.3) is 0 Å². The highest BCUT2D eigenvalue weighted by Crippen LogP contribution is 2.34. The lowest BCUT2D eigenvalue weighted by atomic mass is 9.82. The van der Waals surface area contributed by atoms with Crippen LogP contribution in [0.2, 0.25) is 0 Å². The van der Waals surface area contributed by atoms with E-state index in [-0.39, 0.29) is 5.54 Å². The van der Waals surface area contributed by atoms with E-state index in [2.05, 4.69) is 42.0 Å². The number of hydrogen-bond acceptors (Lipinski definition) is 4. The molecule has 0 saturated carbocycles. The van der Waals surface area contributed by atoms with Crippen LogP contribution in [0.15, 0.2) is 24.3 Å². The molecule has 0 radical (unpaired) electrons. The number of nitrogens with two attached hydrogens (primary N) is 1. The topological polar surface area (TPSA) is 41.7 Å². The molecule has 0 bridgehead atoms. The number of likely N-dealkylation sites (tertiary alicyclic amines) is 1. The summed E-state index contributed by atoms with van der Waals surface area (Å²) in [4.78, 5) is 5.01. The van der Waals surface area contributed by atoms with E-state index >= 15 is 0 Å². The van der Waals surface area contributed by atoms with Crippen molar-refractivity contribution in [3.05, 3.63) is 29.8 Å². The first-order chi connectivity index (χ1) is 10.1. The van der Waals surface area contributed by atoms with Crippen LogP contribution in [-0.2, 0) is 6.54 Å². The summed E-state index contributed by atoms with van der Waals surface area (Å²) < 4.78 is 5.91. The molecule has 0 amide bonds. The van der Waals surface area contributed by atoms with Crippen LogP contribution in [0.1, 0.15) is 25.3 Å². The molecule has 3 rings (SSSR count). The van der Waals surface area contributed by atoms with Gasteiger partial charge in [0.05, 0.1) is 0 Å². The van der Waals surface area contributed by atoms with Gasteiger partial charge in [-0.25, -0.2) is 0 Å². The van der Waals surface area contributed by atoms with Crippen molar-refractivity contribution in [3.8, 4) is 5.75 Å². The molecule has 0 aliphatic carbocycles. The Bertz CT molecular complexity index is 493. The Morgan fingerprint density at radius 1 is 1.33 bits per heavy atom. The monoisotopic (exact) mass is 289 g/mol. The molecule has 4 nitrogen and oxygen atoms in total. The Balaban J connectivity index is 1.84. The van der Waals surface area contributed by atoms with Gasteiger partial charge in [0.2, 0.25) is 0 Å². The molecule has 4 heteroatoms. The molecular formula is C17H27N3O. The maximum absolute atomic E-state index is 6.25. The van der Waals surface area contributed by atoms with Crippen molar-refractivity contribution in [2.75, 3.05) is 33.3 Å². The maximum Gasteiger partial charge on any atom is 0.123 e. The third kappa shape index (κ3) is 2.80. The van der Waals surface area contributed by atoms with E-state index in [1.807, 2.05) is 6.07 Å². The number of rotatable bonds is 2. The van der Waals surface area contributed by atoms with Crippen LogP contribution in [0.3, 0.4) is 0 Å². The van der Waals surface area contributed by atoms with Gasteiger partial charge in [-0.2, -0.15) is 0 Å². The molecule has 1 saturated heterocycles. The average molecular weight is 289 g/mol. The van der Waals surface area contributed by atoms with E-state index in [1.54, 1.807) is 0 Å². The Hall–Kier alpha value is -1.10. The lowest BCUT2D eigenvalue weighted by Crippen LogP contribution is -2.61. The molecule has 1 aromatic rings. The number of para-hydroxylation sites is 1. The highest BCUT2D eigenvalue weighted by Gasteiger charge is 2.41. The first-order valence-electron chi connectivity index (χ1n) is 8.01. The summed E-state index contributed by atoms with van der Waals surface area (Å²) >= 11 is 0. The molecule has 1 aromatic carbocycles. The van der Waals surface area contributed by atoms with Crippen LogP contribution in [0.4, 0.5) is 0 Å². The smallest absolute Gasteiger partial charge is 0.123 e. The van der Waals surface area contributed by atoms with Crippen molar-refractivity contribution < 1.29 is 4.74 Å². The number of fused-ring (bicyclic) bond motifs is 1. The summed E-state index contributed by atoms with van der Waals surface area (Å²) in [7, 11) is 2.21. The van der Waals surface area contributed by atoms with Gasteiger partial charge in [-0.3, -0.25) is 4.90 Å². The van der Waals surface area contributed by atoms with E-state index in [4.69, 9.17) is 10.5 Å². The molecule has 1 fully saturated rings. The van der Waals surface area contributed by atoms with Gasteiger partial charge in [0.1, 0.15) is 12.4 Å². The summed E-state index contributed by atoms with van der Waals surface area (Å²) in [5.74, 6) is 1.04. The largest absolute Gasteiger partial charge is 0.492 e. The lowest BCUT2D eigenvalue weighted by molar-refractivity contribution is 0.00271. The van der Waals surface area contributed by atoms with Crippen molar-refractivity contribution in [1.29, 1.82) is 0 Å². The highest BCUT2D eigenvalue weighted by molar-refractivity contribution is 5.34. The van der Waals surface area contributed by atoms with Crippen molar-refractivity contribution in [1.82, 2.24) is 9.80 Å². The molecule has 116 valence electrons. The van der Waals surface area contributed by atoms with Crippen LogP contribution in [0.25, 0.3) is 0 Å². The SMILES string of the molecule is CC1CC(CN)(N2CCOc3ccccc3C2)CCN1C. The van der Waals surface area contributed by atoms with E-state index < -0.39 is 0 Å². The van der Waals surface area contributed by atoms with Crippen LogP contribution >= 0.6 is 0 Å². The summed E-state index contributed by atoms with van der Waals surface area (Å²) in [6.07, 6.45) is 2.29. The molecular weight excluding hydrogens is 262 g/mol. The second kappa shape index (κ2) is 5.95. The van der Waals surface area contributed by atoms with Gasteiger partial charge in [-0.15, -0.1) is 0 Å². The summed E-state index contributed by atoms with van der Waals surface area (Å²) in [6, 6.07) is 8.98. The van der Waals surface area contributed by atoms with E-state index in [0.29, 0.717) is 6.04 Å². The van der Waals surface area contributed by atoms with Crippen molar-refractivity contribution >= 4 is 0 Å². The minimum atomic E-state index is 0.118. The van der Waals surface area contributed by atoms with Crippen LogP contribution < -0.4 is 10.5 Å². The molecule has 2 N–H and O–H groups in total. The second-order valence-corrected chi connectivity index (χ2v) is 6.59. The predicted molar refractivity (Wildman–Crippen MR) is 85.5 cm³/mol. The van der Waals surface area contributed by atoms with Gasteiger partial charge < -0.3 is 15.4 Å². The first-order valence-corrected chi connectivity index (χ1v) is 8.01. The molecule has 0 spiro atoms. The Kier molecular flexibility index (Phi) is 4.20. The van der Waals surface area contributed by atoms with Crippen LogP contribution in [-0.4, -0.2) is 54.7 Å². The zero-order valence-corrected chi connectivity index (χ0v) is 13.2. The molecule has 2 atom stereocenters. The number of piperidine rings is 1. The lowest BCUT2D eigenvalue weighted by Gasteiger charge is -2.50. The van der Waals surface area contributed by atoms with E-state index in [9.17, 15) is 0 Å². The fourth-order valence-electron chi connectivity index (χ4n) is 3.74. The molecule has 2 aliphatic rings. The van der Waals surface area contributed by atoms with Gasteiger partial charge in [-0.05, 0) is 39.4 Å². The second-order valence-electron chi connectivity index (χ2n) is 6.59. The van der Waals surface area contributed by atoms with Gasteiger partial charge >= 0.3 is 0 Å². The minimum absolute atomic E-state index is 0.118. The summed E-state index contributed by atoms with van der Waals surface area (Å²) in [5, 5.41) is 0. The van der Waals surface area contributed by atoms with Gasteiger partial charge in [-0.1, -0.05) is 18.2 Å². The quantitative estimate of drug-likeness (QED) is 0.900. The molecule has 2 heterocycles. The van der Waals surface area contributed by atoms with Crippen molar-refractivity contribution in [2.24, 2.45) is 5.73 Å². The molecule has 0 aromatic heterocycles. The van der Waals surface area contributed by atoms with Crippen molar-refractivity contribution in [3.63, 3.8) is 0 Å². The van der Waals surface area contributed by atoms with Gasteiger partial charge in [0, 0.05) is 36.8 Å². The predicted octanol–water partition coefficient (Wildman–Crippen LogP) is 1.69.